The van der Waals surface area contributed by atoms with Gasteiger partial charge in [0, 0.05) is 38.1 Å². The Labute approximate surface area is 152 Å². The van der Waals surface area contributed by atoms with Crippen molar-refractivity contribution < 1.29 is 4.79 Å². The molecule has 7 nitrogen and oxygen atoms in total. The number of likely N-dealkylation sites (tertiary alicyclic amines) is 1. The summed E-state index contributed by atoms with van der Waals surface area (Å²) >= 11 is 0. The van der Waals surface area contributed by atoms with Gasteiger partial charge in [-0.15, -0.1) is 0 Å². The quantitative estimate of drug-likeness (QED) is 0.831. The summed E-state index contributed by atoms with van der Waals surface area (Å²) in [6.45, 7) is 4.40. The number of pyridine rings is 1. The zero-order chi connectivity index (χ0) is 17.9. The number of amides is 1. The third-order valence-corrected chi connectivity index (χ3v) is 5.06. The minimum absolute atomic E-state index is 0.0140. The molecule has 1 saturated heterocycles. The Morgan fingerprint density at radius 3 is 2.73 bits per heavy atom. The molecule has 4 heterocycles. The number of hydrogen-bond acceptors (Lipinski definition) is 5. The van der Waals surface area contributed by atoms with Gasteiger partial charge in [-0.1, -0.05) is 0 Å². The Hall–Kier alpha value is -2.54. The number of fused-ring (bicyclic) bond motifs is 1. The summed E-state index contributed by atoms with van der Waals surface area (Å²) in [4.78, 5) is 38.2. The van der Waals surface area contributed by atoms with Gasteiger partial charge in [0.25, 0.3) is 11.5 Å². The zero-order valence-electron chi connectivity index (χ0n) is 14.8. The minimum Gasteiger partial charge on any atom is -0.331 e. The number of hydrogen-bond donors (Lipinski definition) is 0. The van der Waals surface area contributed by atoms with Crippen LogP contribution in [-0.4, -0.2) is 49.9 Å². The molecule has 1 fully saturated rings. The molecule has 0 radical (unpaired) electrons. The Morgan fingerprint density at radius 1 is 1.12 bits per heavy atom. The highest BCUT2D eigenvalue weighted by atomic mass is 16.2. The average molecular weight is 353 g/mol. The number of aromatic nitrogens is 3. The van der Waals surface area contributed by atoms with Gasteiger partial charge in [-0.25, -0.2) is 4.98 Å². The van der Waals surface area contributed by atoms with E-state index in [2.05, 4.69) is 9.88 Å². The highest BCUT2D eigenvalue weighted by Gasteiger charge is 2.23. The first-order chi connectivity index (χ1) is 12.7. The van der Waals surface area contributed by atoms with Crippen molar-refractivity contribution in [1.29, 1.82) is 0 Å². The van der Waals surface area contributed by atoms with Gasteiger partial charge < -0.3 is 4.90 Å². The molecule has 0 aliphatic carbocycles. The van der Waals surface area contributed by atoms with Crippen LogP contribution in [0.5, 0.6) is 0 Å². The van der Waals surface area contributed by atoms with Crippen molar-refractivity contribution in [1.82, 2.24) is 24.3 Å². The van der Waals surface area contributed by atoms with Gasteiger partial charge in [-0.05, 0) is 44.5 Å². The Morgan fingerprint density at radius 2 is 1.96 bits per heavy atom. The topological polar surface area (TPSA) is 71.3 Å². The molecule has 2 aliphatic rings. The highest BCUT2D eigenvalue weighted by molar-refractivity contribution is 5.93. The first-order valence-corrected chi connectivity index (χ1v) is 9.22. The van der Waals surface area contributed by atoms with E-state index < -0.39 is 0 Å². The lowest BCUT2D eigenvalue weighted by molar-refractivity contribution is 0.0743. The van der Waals surface area contributed by atoms with E-state index in [1.54, 1.807) is 40.1 Å². The molecule has 26 heavy (non-hydrogen) atoms. The standard InChI is InChI=1S/C19H23N5O2/c25-18-11-16(13-22-7-1-2-8-22)21-17-14-23(9-4-10-24(17)18)19(26)15-5-3-6-20-12-15/h3,5-6,11-12H,1-2,4,7-10,13-14H2. The zero-order valence-corrected chi connectivity index (χ0v) is 14.8. The molecule has 0 bridgehead atoms. The second-order valence-corrected chi connectivity index (χ2v) is 6.96. The van der Waals surface area contributed by atoms with E-state index in [1.807, 2.05) is 0 Å². The van der Waals surface area contributed by atoms with E-state index in [9.17, 15) is 9.59 Å². The van der Waals surface area contributed by atoms with Crippen LogP contribution in [0.15, 0.2) is 35.4 Å². The van der Waals surface area contributed by atoms with E-state index in [0.717, 1.165) is 25.2 Å². The molecule has 0 saturated carbocycles. The second-order valence-electron chi connectivity index (χ2n) is 6.96. The number of rotatable bonds is 3. The van der Waals surface area contributed by atoms with Crippen LogP contribution in [0, 0.1) is 0 Å². The van der Waals surface area contributed by atoms with E-state index in [-0.39, 0.29) is 11.5 Å². The molecular weight excluding hydrogens is 330 g/mol. The van der Waals surface area contributed by atoms with Crippen molar-refractivity contribution in [3.8, 4) is 0 Å². The molecule has 2 aromatic rings. The van der Waals surface area contributed by atoms with E-state index in [1.165, 1.54) is 12.8 Å². The van der Waals surface area contributed by atoms with Crippen molar-refractivity contribution in [2.24, 2.45) is 0 Å². The molecule has 136 valence electrons. The van der Waals surface area contributed by atoms with Crippen LogP contribution in [0.1, 0.15) is 41.1 Å². The first-order valence-electron chi connectivity index (χ1n) is 9.22. The summed E-state index contributed by atoms with van der Waals surface area (Å²) in [5.74, 6) is 0.618. The van der Waals surface area contributed by atoms with Crippen molar-refractivity contribution in [3.05, 3.63) is 58.0 Å². The Bertz CT molecular complexity index is 843. The fraction of sp³-hybridized carbons (Fsp3) is 0.474. The van der Waals surface area contributed by atoms with Gasteiger partial charge in [0.05, 0.1) is 17.8 Å². The van der Waals surface area contributed by atoms with Crippen LogP contribution >= 0.6 is 0 Å². The molecule has 0 atom stereocenters. The summed E-state index contributed by atoms with van der Waals surface area (Å²) in [5.41, 5.74) is 1.36. The van der Waals surface area contributed by atoms with Gasteiger partial charge in [0.1, 0.15) is 5.82 Å². The van der Waals surface area contributed by atoms with Crippen LogP contribution in [0.25, 0.3) is 0 Å². The van der Waals surface area contributed by atoms with E-state index >= 15 is 0 Å². The molecule has 0 spiro atoms. The summed E-state index contributed by atoms with van der Waals surface area (Å²) in [6, 6.07) is 5.18. The van der Waals surface area contributed by atoms with E-state index in [4.69, 9.17) is 4.98 Å². The maximum absolute atomic E-state index is 12.8. The predicted octanol–water partition coefficient (Wildman–Crippen LogP) is 1.28. The van der Waals surface area contributed by atoms with Gasteiger partial charge in [-0.2, -0.15) is 0 Å². The first kappa shape index (κ1) is 16.9. The van der Waals surface area contributed by atoms with Gasteiger partial charge in [-0.3, -0.25) is 24.0 Å². The lowest BCUT2D eigenvalue weighted by Gasteiger charge is -2.20. The van der Waals surface area contributed by atoms with Crippen molar-refractivity contribution in [2.75, 3.05) is 19.6 Å². The summed E-state index contributed by atoms with van der Waals surface area (Å²) in [5, 5.41) is 0. The van der Waals surface area contributed by atoms with Crippen LogP contribution in [0.3, 0.4) is 0 Å². The highest BCUT2D eigenvalue weighted by Crippen LogP contribution is 2.15. The minimum atomic E-state index is -0.0641. The van der Waals surface area contributed by atoms with Crippen molar-refractivity contribution in [2.45, 2.75) is 38.9 Å². The summed E-state index contributed by atoms with van der Waals surface area (Å²) in [7, 11) is 0. The Kier molecular flexibility index (Phi) is 4.79. The maximum Gasteiger partial charge on any atom is 0.255 e. The summed E-state index contributed by atoms with van der Waals surface area (Å²) in [6.07, 6.45) is 6.39. The normalized spacial score (nSPS) is 17.8. The molecule has 7 heteroatoms. The second kappa shape index (κ2) is 7.37. The SMILES string of the molecule is O=C(c1cccnc1)N1CCCn2c(nc(CN3CCCC3)cc2=O)C1. The molecule has 0 unspecified atom stereocenters. The van der Waals surface area contributed by atoms with Gasteiger partial charge in [0.15, 0.2) is 0 Å². The van der Waals surface area contributed by atoms with Crippen LogP contribution in [-0.2, 0) is 19.6 Å². The third-order valence-electron chi connectivity index (χ3n) is 5.06. The molecule has 2 aliphatic heterocycles. The predicted molar refractivity (Wildman–Crippen MR) is 96.6 cm³/mol. The van der Waals surface area contributed by atoms with Gasteiger partial charge >= 0.3 is 0 Å². The fourth-order valence-electron chi connectivity index (χ4n) is 3.73. The molecule has 1 amide bonds. The van der Waals surface area contributed by atoms with Crippen LogP contribution in [0.2, 0.25) is 0 Å². The molecule has 0 N–H and O–H groups in total. The number of carbonyl (C=O) groups is 1. The largest absolute Gasteiger partial charge is 0.331 e. The number of nitrogens with zero attached hydrogens (tertiary/aromatic N) is 5. The molecule has 4 rings (SSSR count). The van der Waals surface area contributed by atoms with E-state index in [0.29, 0.717) is 37.6 Å². The average Bonchev–Trinajstić information content (AvgIpc) is 3.06. The fourth-order valence-corrected chi connectivity index (χ4v) is 3.73. The maximum atomic E-state index is 12.8. The summed E-state index contributed by atoms with van der Waals surface area (Å²) < 4.78 is 1.71. The number of carbonyl (C=O) groups excluding carboxylic acids is 1. The molecule has 0 aromatic carbocycles. The Balaban J connectivity index is 1.59. The smallest absolute Gasteiger partial charge is 0.255 e. The lowest BCUT2D eigenvalue weighted by atomic mass is 10.2. The van der Waals surface area contributed by atoms with Crippen LogP contribution in [0.4, 0.5) is 0 Å². The van der Waals surface area contributed by atoms with Crippen LogP contribution < -0.4 is 5.56 Å². The van der Waals surface area contributed by atoms with Crippen molar-refractivity contribution >= 4 is 5.91 Å². The lowest BCUT2D eigenvalue weighted by Crippen LogP contribution is -2.32. The van der Waals surface area contributed by atoms with Crippen molar-refractivity contribution in [3.63, 3.8) is 0 Å². The third kappa shape index (κ3) is 3.53. The monoisotopic (exact) mass is 353 g/mol. The molecule has 2 aromatic heterocycles. The molecular formula is C19H23N5O2. The van der Waals surface area contributed by atoms with Gasteiger partial charge in [0.2, 0.25) is 0 Å².